The highest BCUT2D eigenvalue weighted by molar-refractivity contribution is 5.27. The lowest BCUT2D eigenvalue weighted by atomic mass is 10.0. The van der Waals surface area contributed by atoms with E-state index in [2.05, 4.69) is 50.1 Å². The molecule has 0 aliphatic heterocycles. The lowest BCUT2D eigenvalue weighted by Crippen LogP contribution is -2.40. The molecule has 0 aliphatic rings. The van der Waals surface area contributed by atoms with E-state index in [1.807, 2.05) is 11.9 Å². The molecule has 104 valence electrons. The number of hydrogen-bond acceptors (Lipinski definition) is 5. The maximum absolute atomic E-state index is 5.66. The molecule has 0 saturated carbocycles. The van der Waals surface area contributed by atoms with Crippen LogP contribution in [-0.4, -0.2) is 29.3 Å². The van der Waals surface area contributed by atoms with E-state index in [1.54, 1.807) is 0 Å². The molecule has 5 heteroatoms. The highest BCUT2D eigenvalue weighted by Crippen LogP contribution is 2.23. The van der Waals surface area contributed by atoms with Crippen LogP contribution < -0.4 is 10.2 Å². The Labute approximate surface area is 110 Å². The van der Waals surface area contributed by atoms with E-state index in [9.17, 15) is 0 Å². The van der Waals surface area contributed by atoms with Gasteiger partial charge < -0.3 is 14.6 Å². The molecule has 1 aromatic heterocycles. The molecule has 0 aromatic carbocycles. The summed E-state index contributed by atoms with van der Waals surface area (Å²) in [6.45, 7) is 12.4. The number of hydrogen-bond donors (Lipinski definition) is 1. The van der Waals surface area contributed by atoms with E-state index in [-0.39, 0.29) is 5.54 Å². The van der Waals surface area contributed by atoms with Gasteiger partial charge in [0.1, 0.15) is 0 Å². The maximum Gasteiger partial charge on any atom is 0.318 e. The van der Waals surface area contributed by atoms with Crippen molar-refractivity contribution in [2.75, 3.05) is 18.5 Å². The molecule has 5 nitrogen and oxygen atoms in total. The molecule has 1 heterocycles. The minimum absolute atomic E-state index is 0.0230. The second kappa shape index (κ2) is 6.18. The zero-order valence-electron chi connectivity index (χ0n) is 12.4. The standard InChI is InChI=1S/C13H26N4O/c1-7-13(4,5)17(6)12-16-15-11(18-12)9-14-8-10(2)3/h10,14H,7-9H2,1-6H3. The van der Waals surface area contributed by atoms with Gasteiger partial charge in [0.25, 0.3) is 0 Å². The number of aromatic nitrogens is 2. The largest absolute Gasteiger partial charge is 0.407 e. The Balaban J connectivity index is 2.57. The summed E-state index contributed by atoms with van der Waals surface area (Å²) in [4.78, 5) is 2.03. The van der Waals surface area contributed by atoms with Crippen LogP contribution in [0.25, 0.3) is 0 Å². The summed E-state index contributed by atoms with van der Waals surface area (Å²) in [5.74, 6) is 1.26. The van der Waals surface area contributed by atoms with Gasteiger partial charge in [0.2, 0.25) is 5.89 Å². The number of nitrogens with zero attached hydrogens (tertiary/aromatic N) is 3. The normalized spacial score (nSPS) is 12.2. The fourth-order valence-electron chi connectivity index (χ4n) is 1.42. The van der Waals surface area contributed by atoms with E-state index in [4.69, 9.17) is 4.42 Å². The summed E-state index contributed by atoms with van der Waals surface area (Å²) in [6, 6.07) is 0.586. The van der Waals surface area contributed by atoms with Crippen molar-refractivity contribution in [1.82, 2.24) is 15.5 Å². The quantitative estimate of drug-likeness (QED) is 0.810. The summed E-state index contributed by atoms with van der Waals surface area (Å²) < 4.78 is 5.66. The average Bonchev–Trinajstić information content (AvgIpc) is 2.76. The van der Waals surface area contributed by atoms with E-state index in [0.717, 1.165) is 13.0 Å². The molecule has 1 rings (SSSR count). The first-order chi connectivity index (χ1) is 8.36. The van der Waals surface area contributed by atoms with Crippen molar-refractivity contribution in [1.29, 1.82) is 0 Å². The lowest BCUT2D eigenvalue weighted by Gasteiger charge is -2.32. The summed E-state index contributed by atoms with van der Waals surface area (Å²) in [6.07, 6.45) is 1.02. The lowest BCUT2D eigenvalue weighted by molar-refractivity contribution is 0.403. The van der Waals surface area contributed by atoms with Crippen LogP contribution in [0.3, 0.4) is 0 Å². The van der Waals surface area contributed by atoms with E-state index in [1.165, 1.54) is 0 Å². The Hall–Kier alpha value is -1.10. The molecule has 0 bridgehead atoms. The fourth-order valence-corrected chi connectivity index (χ4v) is 1.42. The predicted molar refractivity (Wildman–Crippen MR) is 73.6 cm³/mol. The van der Waals surface area contributed by atoms with E-state index >= 15 is 0 Å². The van der Waals surface area contributed by atoms with Crippen molar-refractivity contribution in [3.8, 4) is 0 Å². The second-order valence-electron chi connectivity index (χ2n) is 5.73. The van der Waals surface area contributed by atoms with E-state index in [0.29, 0.717) is 24.4 Å². The molecule has 0 saturated heterocycles. The monoisotopic (exact) mass is 254 g/mol. The third-order valence-electron chi connectivity index (χ3n) is 3.35. The first-order valence-electron chi connectivity index (χ1n) is 6.63. The highest BCUT2D eigenvalue weighted by Gasteiger charge is 2.25. The fraction of sp³-hybridized carbons (Fsp3) is 0.846. The molecule has 0 unspecified atom stereocenters. The topological polar surface area (TPSA) is 54.2 Å². The highest BCUT2D eigenvalue weighted by atomic mass is 16.4. The molecular formula is C13H26N4O. The van der Waals surface area contributed by atoms with Crippen LogP contribution in [0.5, 0.6) is 0 Å². The minimum Gasteiger partial charge on any atom is -0.407 e. The Kier molecular flexibility index (Phi) is 5.14. The van der Waals surface area contributed by atoms with Gasteiger partial charge in [-0.3, -0.25) is 0 Å². The van der Waals surface area contributed by atoms with Crippen molar-refractivity contribution in [2.24, 2.45) is 5.92 Å². The third kappa shape index (κ3) is 3.98. The van der Waals surface area contributed by atoms with Crippen LogP contribution in [-0.2, 0) is 6.54 Å². The SMILES string of the molecule is CCC(C)(C)N(C)c1nnc(CNCC(C)C)o1. The molecule has 0 radical (unpaired) electrons. The number of anilines is 1. The first-order valence-corrected chi connectivity index (χ1v) is 6.63. The van der Waals surface area contributed by atoms with Crippen molar-refractivity contribution in [3.05, 3.63) is 5.89 Å². The van der Waals surface area contributed by atoms with Crippen LogP contribution in [0.15, 0.2) is 4.42 Å². The molecule has 0 fully saturated rings. The number of rotatable bonds is 7. The molecular weight excluding hydrogens is 228 g/mol. The van der Waals surface area contributed by atoms with Gasteiger partial charge in [-0.1, -0.05) is 25.9 Å². The van der Waals surface area contributed by atoms with Gasteiger partial charge >= 0.3 is 6.01 Å². The summed E-state index contributed by atoms with van der Waals surface area (Å²) in [5.41, 5.74) is 0.0230. The molecule has 1 aromatic rings. The van der Waals surface area contributed by atoms with Gasteiger partial charge in [-0.25, -0.2) is 0 Å². The van der Waals surface area contributed by atoms with Gasteiger partial charge in [0, 0.05) is 12.6 Å². The van der Waals surface area contributed by atoms with Gasteiger partial charge in [-0.05, 0) is 32.7 Å². The van der Waals surface area contributed by atoms with Crippen molar-refractivity contribution < 1.29 is 4.42 Å². The summed E-state index contributed by atoms with van der Waals surface area (Å²) >= 11 is 0. The smallest absolute Gasteiger partial charge is 0.318 e. The van der Waals surface area contributed by atoms with Gasteiger partial charge in [0.15, 0.2) is 0 Å². The van der Waals surface area contributed by atoms with Crippen molar-refractivity contribution in [2.45, 2.75) is 53.1 Å². The Morgan fingerprint density at radius 3 is 2.56 bits per heavy atom. The Bertz CT molecular complexity index is 360. The van der Waals surface area contributed by atoms with Crippen molar-refractivity contribution >= 4 is 6.01 Å². The zero-order chi connectivity index (χ0) is 13.8. The van der Waals surface area contributed by atoms with Gasteiger partial charge in [0.05, 0.1) is 6.54 Å². The minimum atomic E-state index is 0.0230. The van der Waals surface area contributed by atoms with E-state index < -0.39 is 0 Å². The zero-order valence-corrected chi connectivity index (χ0v) is 12.4. The Morgan fingerprint density at radius 1 is 1.33 bits per heavy atom. The van der Waals surface area contributed by atoms with Crippen LogP contribution in [0.2, 0.25) is 0 Å². The van der Waals surface area contributed by atoms with Crippen LogP contribution >= 0.6 is 0 Å². The second-order valence-corrected chi connectivity index (χ2v) is 5.73. The predicted octanol–water partition coefficient (Wildman–Crippen LogP) is 2.44. The van der Waals surface area contributed by atoms with Gasteiger partial charge in [-0.15, -0.1) is 5.10 Å². The maximum atomic E-state index is 5.66. The summed E-state index contributed by atoms with van der Waals surface area (Å²) in [7, 11) is 1.99. The molecule has 18 heavy (non-hydrogen) atoms. The van der Waals surface area contributed by atoms with Gasteiger partial charge in [-0.2, -0.15) is 0 Å². The Morgan fingerprint density at radius 2 is 2.00 bits per heavy atom. The van der Waals surface area contributed by atoms with Crippen LogP contribution in [0.1, 0.15) is 46.9 Å². The van der Waals surface area contributed by atoms with Crippen LogP contribution in [0, 0.1) is 5.92 Å². The average molecular weight is 254 g/mol. The summed E-state index contributed by atoms with van der Waals surface area (Å²) in [5, 5.41) is 11.4. The molecule has 1 N–H and O–H groups in total. The first kappa shape index (κ1) is 15.0. The number of nitrogens with one attached hydrogen (secondary N) is 1. The molecule has 0 spiro atoms. The molecule has 0 aliphatic carbocycles. The molecule has 0 atom stereocenters. The van der Waals surface area contributed by atoms with Crippen molar-refractivity contribution in [3.63, 3.8) is 0 Å². The molecule has 0 amide bonds. The third-order valence-corrected chi connectivity index (χ3v) is 3.35. The van der Waals surface area contributed by atoms with Crippen LogP contribution in [0.4, 0.5) is 6.01 Å².